The van der Waals surface area contributed by atoms with Gasteiger partial charge in [-0.15, -0.1) is 0 Å². The molecule has 0 spiro atoms. The number of carbonyl (C=O) groups excluding carboxylic acids is 1. The molecule has 4 aromatic carbocycles. The van der Waals surface area contributed by atoms with Crippen LogP contribution in [0.5, 0.6) is 11.5 Å². The van der Waals surface area contributed by atoms with E-state index < -0.39 is 26.3 Å². The second kappa shape index (κ2) is 10.7. The molecular weight excluding hydrogens is 516 g/mol. The summed E-state index contributed by atoms with van der Waals surface area (Å²) in [5.74, 6) is 0.182. The number of aryl methyl sites for hydroxylation is 1. The summed E-state index contributed by atoms with van der Waals surface area (Å²) in [5.41, 5.74) is 1.35. The van der Waals surface area contributed by atoms with Gasteiger partial charge >= 0.3 is 26.3 Å². The highest BCUT2D eigenvalue weighted by Crippen LogP contribution is 2.24. The van der Waals surface area contributed by atoms with E-state index >= 15 is 0 Å². The van der Waals surface area contributed by atoms with Gasteiger partial charge in [-0.1, -0.05) is 36.4 Å². The Morgan fingerprint density at radius 2 is 1.05 bits per heavy atom. The molecule has 4 rings (SSSR count). The number of carbonyl (C=O) groups is 1. The van der Waals surface area contributed by atoms with Crippen molar-refractivity contribution in [3.8, 4) is 11.5 Å². The Morgan fingerprint density at radius 3 is 1.57 bits per heavy atom. The molecule has 0 aliphatic carbocycles. The number of amides is 2. The van der Waals surface area contributed by atoms with Gasteiger partial charge in [0.15, 0.2) is 0 Å². The first-order chi connectivity index (χ1) is 17.6. The predicted molar refractivity (Wildman–Crippen MR) is 139 cm³/mol. The molecule has 0 saturated carbocycles. The summed E-state index contributed by atoms with van der Waals surface area (Å²) in [6.45, 7) is 1.68. The smallest absolute Gasteiger partial charge is 0.339 e. The first-order valence-corrected chi connectivity index (χ1v) is 13.7. The van der Waals surface area contributed by atoms with Crippen LogP contribution in [0.4, 0.5) is 16.2 Å². The molecule has 0 unspecified atom stereocenters. The third kappa shape index (κ3) is 6.66. The number of nitrogens with one attached hydrogen (secondary N) is 2. The summed E-state index contributed by atoms with van der Waals surface area (Å²) in [4.78, 5) is 12.4. The van der Waals surface area contributed by atoms with Gasteiger partial charge in [-0.05, 0) is 79.2 Å². The van der Waals surface area contributed by atoms with Gasteiger partial charge in [0.25, 0.3) is 0 Å². The number of hydrogen-bond donors (Lipinski definition) is 2. The molecule has 9 nitrogen and oxygen atoms in total. The minimum absolute atomic E-state index is 0.0285. The predicted octanol–water partition coefficient (Wildman–Crippen LogP) is 5.17. The van der Waals surface area contributed by atoms with E-state index in [1.165, 1.54) is 66.7 Å². The number of urea groups is 1. The SMILES string of the molecule is Cc1ccccc1S(=O)(=O)Oc1ccc(NC(=O)Nc2ccc(OS(=O)(=O)c3ccccc3)cc2)cc1. The molecule has 0 aliphatic heterocycles. The molecule has 0 atom stereocenters. The molecule has 0 radical (unpaired) electrons. The fraction of sp³-hybridized carbons (Fsp3) is 0.0385. The number of anilines is 2. The second-order valence-electron chi connectivity index (χ2n) is 7.78. The van der Waals surface area contributed by atoms with Crippen molar-refractivity contribution < 1.29 is 30.0 Å². The first kappa shape index (κ1) is 25.7. The Hall–Kier alpha value is -4.35. The van der Waals surface area contributed by atoms with Crippen molar-refractivity contribution in [2.75, 3.05) is 10.6 Å². The molecule has 4 aromatic rings. The van der Waals surface area contributed by atoms with Gasteiger partial charge in [0.1, 0.15) is 21.3 Å². The summed E-state index contributed by atoms with van der Waals surface area (Å²) in [6, 6.07) is 25.3. The molecule has 37 heavy (non-hydrogen) atoms. The summed E-state index contributed by atoms with van der Waals surface area (Å²) in [5, 5.41) is 5.22. The summed E-state index contributed by atoms with van der Waals surface area (Å²) in [6.07, 6.45) is 0. The van der Waals surface area contributed by atoms with Crippen LogP contribution in [0.25, 0.3) is 0 Å². The Kier molecular flexibility index (Phi) is 7.46. The summed E-state index contributed by atoms with van der Waals surface area (Å²) >= 11 is 0. The van der Waals surface area contributed by atoms with E-state index in [1.54, 1.807) is 43.3 Å². The molecule has 0 bridgehead atoms. The van der Waals surface area contributed by atoms with Gasteiger partial charge in [0, 0.05) is 11.4 Å². The van der Waals surface area contributed by atoms with Crippen molar-refractivity contribution in [2.45, 2.75) is 16.7 Å². The Morgan fingerprint density at radius 1 is 0.595 bits per heavy atom. The fourth-order valence-corrected chi connectivity index (χ4v) is 5.36. The monoisotopic (exact) mass is 538 g/mol. The Bertz CT molecular complexity index is 1600. The number of rotatable bonds is 8. The highest BCUT2D eigenvalue weighted by Gasteiger charge is 2.19. The molecule has 2 N–H and O–H groups in total. The van der Waals surface area contributed by atoms with E-state index in [0.717, 1.165) is 0 Å². The molecule has 0 aliphatic rings. The zero-order valence-electron chi connectivity index (χ0n) is 19.5. The molecular formula is C26H22N2O7S2. The maximum absolute atomic E-state index is 12.5. The van der Waals surface area contributed by atoms with Crippen LogP contribution < -0.4 is 19.0 Å². The van der Waals surface area contributed by atoms with Crippen LogP contribution in [0.1, 0.15) is 5.56 Å². The van der Waals surface area contributed by atoms with Crippen LogP contribution >= 0.6 is 0 Å². The van der Waals surface area contributed by atoms with Crippen LogP contribution in [-0.2, 0) is 20.2 Å². The van der Waals surface area contributed by atoms with E-state index in [9.17, 15) is 21.6 Å². The normalized spacial score (nSPS) is 11.4. The van der Waals surface area contributed by atoms with Crippen LogP contribution in [-0.4, -0.2) is 22.9 Å². The fourth-order valence-electron chi connectivity index (χ4n) is 3.25. The lowest BCUT2D eigenvalue weighted by atomic mass is 10.2. The lowest BCUT2D eigenvalue weighted by Gasteiger charge is -2.11. The molecule has 0 heterocycles. The van der Waals surface area contributed by atoms with Gasteiger partial charge in [0.05, 0.1) is 0 Å². The molecule has 0 fully saturated rings. The molecule has 0 aromatic heterocycles. The van der Waals surface area contributed by atoms with Crippen molar-refractivity contribution in [3.63, 3.8) is 0 Å². The van der Waals surface area contributed by atoms with E-state index in [2.05, 4.69) is 10.6 Å². The van der Waals surface area contributed by atoms with E-state index in [-0.39, 0.29) is 21.3 Å². The van der Waals surface area contributed by atoms with E-state index in [0.29, 0.717) is 16.9 Å². The minimum Gasteiger partial charge on any atom is -0.379 e. The zero-order valence-corrected chi connectivity index (χ0v) is 21.1. The number of hydrogen-bond acceptors (Lipinski definition) is 7. The maximum Gasteiger partial charge on any atom is 0.339 e. The lowest BCUT2D eigenvalue weighted by molar-refractivity contribution is 0.262. The topological polar surface area (TPSA) is 128 Å². The van der Waals surface area contributed by atoms with Crippen LogP contribution in [0.15, 0.2) is 113 Å². The van der Waals surface area contributed by atoms with Gasteiger partial charge < -0.3 is 19.0 Å². The van der Waals surface area contributed by atoms with Gasteiger partial charge in [-0.3, -0.25) is 0 Å². The molecule has 2 amide bonds. The molecule has 190 valence electrons. The third-order valence-electron chi connectivity index (χ3n) is 5.03. The van der Waals surface area contributed by atoms with Crippen molar-refractivity contribution in [2.24, 2.45) is 0 Å². The van der Waals surface area contributed by atoms with E-state index in [4.69, 9.17) is 8.37 Å². The Labute approximate surface area is 214 Å². The average Bonchev–Trinajstić information content (AvgIpc) is 2.87. The zero-order chi connectivity index (χ0) is 26.5. The first-order valence-electron chi connectivity index (χ1n) is 10.9. The van der Waals surface area contributed by atoms with Gasteiger partial charge in [-0.2, -0.15) is 16.8 Å². The van der Waals surface area contributed by atoms with Crippen molar-refractivity contribution in [1.29, 1.82) is 0 Å². The van der Waals surface area contributed by atoms with Gasteiger partial charge in [-0.25, -0.2) is 4.79 Å². The summed E-state index contributed by atoms with van der Waals surface area (Å²) in [7, 11) is -7.97. The maximum atomic E-state index is 12.5. The van der Waals surface area contributed by atoms with Crippen LogP contribution in [0.3, 0.4) is 0 Å². The minimum atomic E-state index is -4.00. The quantitative estimate of drug-likeness (QED) is 0.296. The second-order valence-corrected chi connectivity index (χ2v) is 10.8. The molecule has 0 saturated heterocycles. The largest absolute Gasteiger partial charge is 0.379 e. The average molecular weight is 539 g/mol. The van der Waals surface area contributed by atoms with Gasteiger partial charge in [0.2, 0.25) is 0 Å². The third-order valence-corrected chi connectivity index (χ3v) is 7.70. The van der Waals surface area contributed by atoms with E-state index in [1.807, 2.05) is 0 Å². The lowest BCUT2D eigenvalue weighted by Crippen LogP contribution is -2.19. The van der Waals surface area contributed by atoms with Crippen molar-refractivity contribution in [3.05, 3.63) is 109 Å². The Balaban J connectivity index is 1.33. The van der Waals surface area contributed by atoms with Crippen LogP contribution in [0, 0.1) is 6.92 Å². The highest BCUT2D eigenvalue weighted by atomic mass is 32.2. The summed E-state index contributed by atoms with van der Waals surface area (Å²) < 4.78 is 60.0. The van der Waals surface area contributed by atoms with Crippen molar-refractivity contribution >= 4 is 37.6 Å². The van der Waals surface area contributed by atoms with Crippen LogP contribution in [0.2, 0.25) is 0 Å². The standard InChI is InChI=1S/C26H22N2O7S2/c1-19-7-5-6-10-25(19)37(32,33)35-23-17-13-21(14-18-23)28-26(29)27-20-11-15-22(16-12-20)34-36(30,31)24-8-3-2-4-9-24/h2-18H,1H3,(H2,27,28,29). The molecule has 11 heteroatoms. The van der Waals surface area contributed by atoms with Crippen molar-refractivity contribution in [1.82, 2.24) is 0 Å². The highest BCUT2D eigenvalue weighted by molar-refractivity contribution is 7.87. The number of benzene rings is 4.